The van der Waals surface area contributed by atoms with Gasteiger partial charge in [-0.15, -0.1) is 0 Å². The van der Waals surface area contributed by atoms with Crippen LogP contribution in [0.25, 0.3) is 11.1 Å². The van der Waals surface area contributed by atoms with E-state index in [0.29, 0.717) is 27.8 Å². The van der Waals surface area contributed by atoms with Crippen LogP contribution in [0.3, 0.4) is 0 Å². The molecule has 3 rings (SSSR count). The summed E-state index contributed by atoms with van der Waals surface area (Å²) >= 11 is 3.34. The van der Waals surface area contributed by atoms with E-state index in [9.17, 15) is 20.2 Å². The van der Waals surface area contributed by atoms with Crippen molar-refractivity contribution < 1.29 is 9.85 Å². The number of benzene rings is 3. The van der Waals surface area contributed by atoms with Crippen LogP contribution in [0.5, 0.6) is 0 Å². The van der Waals surface area contributed by atoms with Crippen LogP contribution in [-0.4, -0.2) is 9.85 Å². The van der Waals surface area contributed by atoms with Gasteiger partial charge in [-0.2, -0.15) is 0 Å². The summed E-state index contributed by atoms with van der Waals surface area (Å²) in [5, 5.41) is 25.3. The summed E-state index contributed by atoms with van der Waals surface area (Å²) < 4.78 is 0.541. The van der Waals surface area contributed by atoms with E-state index in [1.54, 1.807) is 18.2 Å². The number of anilines is 1. The average molecular weight is 428 g/mol. The second-order valence-electron chi connectivity index (χ2n) is 5.75. The summed E-state index contributed by atoms with van der Waals surface area (Å²) in [4.78, 5) is 21.3. The zero-order valence-electron chi connectivity index (χ0n) is 14.0. The summed E-state index contributed by atoms with van der Waals surface area (Å²) in [5.41, 5.74) is 2.72. The smallest absolute Gasteiger partial charge is 0.292 e. The number of non-ortho nitro benzene ring substituents is 1. The fourth-order valence-corrected chi connectivity index (χ4v) is 3.24. The monoisotopic (exact) mass is 427 g/mol. The number of nitro benzene ring substituents is 2. The van der Waals surface area contributed by atoms with Gasteiger partial charge in [-0.25, -0.2) is 0 Å². The molecule has 0 amide bonds. The molecular weight excluding hydrogens is 414 g/mol. The van der Waals surface area contributed by atoms with Crippen LogP contribution in [0, 0.1) is 20.2 Å². The van der Waals surface area contributed by atoms with Crippen LogP contribution in [0.1, 0.15) is 5.56 Å². The first-order valence-electron chi connectivity index (χ1n) is 7.96. The van der Waals surface area contributed by atoms with E-state index >= 15 is 0 Å². The number of hydrogen-bond donors (Lipinski definition) is 1. The summed E-state index contributed by atoms with van der Waals surface area (Å²) in [6, 6.07) is 18.7. The molecule has 3 aromatic carbocycles. The number of nitrogens with zero attached hydrogens (tertiary/aromatic N) is 2. The molecule has 0 aromatic heterocycles. The topological polar surface area (TPSA) is 98.3 Å². The van der Waals surface area contributed by atoms with E-state index in [4.69, 9.17) is 0 Å². The molecule has 0 saturated heterocycles. The Kier molecular flexibility index (Phi) is 5.46. The molecule has 0 aliphatic rings. The van der Waals surface area contributed by atoms with Crippen LogP contribution in [0.15, 0.2) is 71.2 Å². The summed E-state index contributed by atoms with van der Waals surface area (Å²) in [6.45, 7) is 0.437. The minimum Gasteiger partial charge on any atom is -0.375 e. The SMILES string of the molecule is O=[N+]([O-])c1ccc(-c2ccc([N+](=O)[O-])c(NCc3ccccc3)c2)c(Br)c1. The molecule has 0 aliphatic heterocycles. The molecule has 1 N–H and O–H groups in total. The molecule has 0 radical (unpaired) electrons. The Morgan fingerprint density at radius 2 is 1.63 bits per heavy atom. The Balaban J connectivity index is 1.96. The second-order valence-corrected chi connectivity index (χ2v) is 6.60. The first-order chi connectivity index (χ1) is 13.0. The van der Waals surface area contributed by atoms with Gasteiger partial charge in [-0.05, 0) is 50.8 Å². The lowest BCUT2D eigenvalue weighted by Gasteiger charge is -2.11. The maximum atomic E-state index is 11.3. The van der Waals surface area contributed by atoms with Gasteiger partial charge >= 0.3 is 0 Å². The van der Waals surface area contributed by atoms with Crippen molar-refractivity contribution in [1.29, 1.82) is 0 Å². The predicted octanol–water partition coefficient (Wildman–Crippen LogP) is 5.54. The third-order valence-corrected chi connectivity index (χ3v) is 4.65. The normalized spacial score (nSPS) is 10.4. The molecule has 0 fully saturated rings. The minimum absolute atomic E-state index is 0.0324. The average Bonchev–Trinajstić information content (AvgIpc) is 2.66. The van der Waals surface area contributed by atoms with E-state index in [-0.39, 0.29) is 11.4 Å². The molecule has 136 valence electrons. The van der Waals surface area contributed by atoms with E-state index in [1.807, 2.05) is 30.3 Å². The number of halogens is 1. The zero-order chi connectivity index (χ0) is 19.4. The van der Waals surface area contributed by atoms with Gasteiger partial charge < -0.3 is 5.32 Å². The summed E-state index contributed by atoms with van der Waals surface area (Å²) in [7, 11) is 0. The van der Waals surface area contributed by atoms with Crippen LogP contribution in [-0.2, 0) is 6.54 Å². The van der Waals surface area contributed by atoms with Crippen LogP contribution >= 0.6 is 15.9 Å². The molecule has 7 nitrogen and oxygen atoms in total. The fourth-order valence-electron chi connectivity index (χ4n) is 2.65. The first kappa shape index (κ1) is 18.5. The maximum absolute atomic E-state index is 11.3. The van der Waals surface area contributed by atoms with Crippen molar-refractivity contribution in [3.63, 3.8) is 0 Å². The highest BCUT2D eigenvalue weighted by Gasteiger charge is 2.17. The Morgan fingerprint density at radius 1 is 0.889 bits per heavy atom. The Bertz CT molecular complexity index is 1010. The second kappa shape index (κ2) is 7.96. The minimum atomic E-state index is -0.475. The molecule has 8 heteroatoms. The maximum Gasteiger partial charge on any atom is 0.292 e. The van der Waals surface area contributed by atoms with Crippen molar-refractivity contribution >= 4 is 33.0 Å². The highest BCUT2D eigenvalue weighted by atomic mass is 79.9. The predicted molar refractivity (Wildman–Crippen MR) is 107 cm³/mol. The van der Waals surface area contributed by atoms with Gasteiger partial charge in [-0.3, -0.25) is 20.2 Å². The van der Waals surface area contributed by atoms with E-state index < -0.39 is 9.85 Å². The Labute approximate surface area is 163 Å². The van der Waals surface area contributed by atoms with E-state index in [1.165, 1.54) is 18.2 Å². The van der Waals surface area contributed by atoms with Crippen molar-refractivity contribution in [2.24, 2.45) is 0 Å². The lowest BCUT2D eigenvalue weighted by Crippen LogP contribution is -2.03. The van der Waals surface area contributed by atoms with Crippen molar-refractivity contribution in [2.45, 2.75) is 6.54 Å². The quantitative estimate of drug-likeness (QED) is 0.410. The highest BCUT2D eigenvalue weighted by molar-refractivity contribution is 9.10. The van der Waals surface area contributed by atoms with Gasteiger partial charge in [0.05, 0.1) is 9.85 Å². The number of nitro groups is 2. The van der Waals surface area contributed by atoms with E-state index in [2.05, 4.69) is 21.2 Å². The lowest BCUT2D eigenvalue weighted by molar-refractivity contribution is -0.384. The third-order valence-electron chi connectivity index (χ3n) is 3.99. The number of hydrogen-bond acceptors (Lipinski definition) is 5. The highest BCUT2D eigenvalue weighted by Crippen LogP contribution is 2.35. The third kappa shape index (κ3) is 4.29. The number of rotatable bonds is 6. The molecule has 0 spiro atoms. The zero-order valence-corrected chi connectivity index (χ0v) is 15.5. The molecule has 0 saturated carbocycles. The lowest BCUT2D eigenvalue weighted by atomic mass is 10.0. The van der Waals surface area contributed by atoms with Gasteiger partial charge in [0.15, 0.2) is 0 Å². The molecule has 0 unspecified atom stereocenters. The number of nitrogens with one attached hydrogen (secondary N) is 1. The summed E-state index contributed by atoms with van der Waals surface area (Å²) in [5.74, 6) is 0. The molecule has 0 aliphatic carbocycles. The van der Waals surface area contributed by atoms with Gasteiger partial charge in [0.1, 0.15) is 5.69 Å². The standard InChI is InChI=1S/C19H14BrN3O4/c20-17-11-15(22(24)25)7-8-16(17)14-6-9-19(23(26)27)18(10-14)21-12-13-4-2-1-3-5-13/h1-11,21H,12H2. The molecule has 27 heavy (non-hydrogen) atoms. The fraction of sp³-hybridized carbons (Fsp3) is 0.0526. The molecule has 0 atom stereocenters. The van der Waals surface area contributed by atoms with Crippen molar-refractivity contribution in [2.75, 3.05) is 5.32 Å². The Morgan fingerprint density at radius 3 is 2.26 bits per heavy atom. The van der Waals surface area contributed by atoms with E-state index in [0.717, 1.165) is 5.56 Å². The largest absolute Gasteiger partial charge is 0.375 e. The van der Waals surface area contributed by atoms with Gasteiger partial charge in [-0.1, -0.05) is 30.3 Å². The summed E-state index contributed by atoms with van der Waals surface area (Å²) in [6.07, 6.45) is 0. The van der Waals surface area contributed by atoms with Crippen molar-refractivity contribution in [3.8, 4) is 11.1 Å². The van der Waals surface area contributed by atoms with Gasteiger partial charge in [0.25, 0.3) is 11.4 Å². The molecular formula is C19H14BrN3O4. The van der Waals surface area contributed by atoms with Gasteiger partial charge in [0.2, 0.25) is 0 Å². The first-order valence-corrected chi connectivity index (χ1v) is 8.75. The Hall–Kier alpha value is -3.26. The van der Waals surface area contributed by atoms with Gasteiger partial charge in [0, 0.05) is 29.2 Å². The van der Waals surface area contributed by atoms with Crippen LogP contribution < -0.4 is 5.32 Å². The molecule has 3 aromatic rings. The van der Waals surface area contributed by atoms with Crippen molar-refractivity contribution in [3.05, 3.63) is 97.0 Å². The molecule has 0 bridgehead atoms. The van der Waals surface area contributed by atoms with Crippen molar-refractivity contribution in [1.82, 2.24) is 0 Å². The van der Waals surface area contributed by atoms with Crippen LogP contribution in [0.2, 0.25) is 0 Å². The van der Waals surface area contributed by atoms with Crippen LogP contribution in [0.4, 0.5) is 17.1 Å². The molecule has 0 heterocycles.